The van der Waals surface area contributed by atoms with E-state index in [9.17, 15) is 4.79 Å². The Kier molecular flexibility index (Phi) is 5.59. The first-order chi connectivity index (χ1) is 9.75. The molecule has 0 heterocycles. The molecule has 1 aromatic carbocycles. The van der Waals surface area contributed by atoms with Crippen LogP contribution in [0.1, 0.15) is 38.2 Å². The number of rotatable bonds is 5. The lowest BCUT2D eigenvalue weighted by molar-refractivity contribution is -0.126. The normalized spacial score (nSPS) is 22.6. The number of oxime groups is 1. The molecule has 20 heavy (non-hydrogen) atoms. The standard InChI is InChI=1S/C16H22N2O2/c1-13-7-5-6-10-15(13)18-16(19)12-20-17-11-14-8-3-2-4-9-14/h2-4,8-9,11,13,15H,5-7,10,12H2,1H3,(H,18,19)/b17-11-/t13-,15+/m1/s1. The lowest BCUT2D eigenvalue weighted by atomic mass is 9.86. The minimum absolute atomic E-state index is 0.0213. The Morgan fingerprint density at radius 2 is 2.10 bits per heavy atom. The molecule has 1 aliphatic rings. The summed E-state index contributed by atoms with van der Waals surface area (Å²) in [7, 11) is 0. The van der Waals surface area contributed by atoms with E-state index in [1.807, 2.05) is 30.3 Å². The van der Waals surface area contributed by atoms with Gasteiger partial charge in [0, 0.05) is 6.04 Å². The number of carbonyl (C=O) groups is 1. The Morgan fingerprint density at radius 1 is 1.35 bits per heavy atom. The molecule has 1 amide bonds. The average Bonchev–Trinajstić information content (AvgIpc) is 2.47. The van der Waals surface area contributed by atoms with E-state index in [1.54, 1.807) is 6.21 Å². The summed E-state index contributed by atoms with van der Waals surface area (Å²) in [5.41, 5.74) is 0.953. The van der Waals surface area contributed by atoms with Gasteiger partial charge in [-0.1, -0.05) is 55.3 Å². The van der Waals surface area contributed by atoms with Crippen LogP contribution in [0.4, 0.5) is 0 Å². The molecule has 0 bridgehead atoms. The minimum Gasteiger partial charge on any atom is -0.386 e. The van der Waals surface area contributed by atoms with Crippen molar-refractivity contribution in [3.63, 3.8) is 0 Å². The predicted octanol–water partition coefficient (Wildman–Crippen LogP) is 2.73. The smallest absolute Gasteiger partial charge is 0.261 e. The molecule has 0 radical (unpaired) electrons. The molecule has 4 nitrogen and oxygen atoms in total. The fourth-order valence-corrected chi connectivity index (χ4v) is 2.51. The van der Waals surface area contributed by atoms with Crippen LogP contribution in [-0.2, 0) is 9.63 Å². The average molecular weight is 274 g/mol. The lowest BCUT2D eigenvalue weighted by Crippen LogP contribution is -2.42. The van der Waals surface area contributed by atoms with E-state index in [2.05, 4.69) is 17.4 Å². The molecule has 1 N–H and O–H groups in total. The van der Waals surface area contributed by atoms with Crippen molar-refractivity contribution in [2.24, 2.45) is 11.1 Å². The highest BCUT2D eigenvalue weighted by molar-refractivity contribution is 5.79. The van der Waals surface area contributed by atoms with Crippen LogP contribution in [0.2, 0.25) is 0 Å². The van der Waals surface area contributed by atoms with Crippen molar-refractivity contribution in [2.75, 3.05) is 6.61 Å². The maximum Gasteiger partial charge on any atom is 0.261 e. The Morgan fingerprint density at radius 3 is 2.85 bits per heavy atom. The number of benzene rings is 1. The van der Waals surface area contributed by atoms with E-state index in [1.165, 1.54) is 19.3 Å². The van der Waals surface area contributed by atoms with Crippen molar-refractivity contribution in [3.8, 4) is 0 Å². The highest BCUT2D eigenvalue weighted by Crippen LogP contribution is 2.23. The summed E-state index contributed by atoms with van der Waals surface area (Å²) < 4.78 is 0. The SMILES string of the molecule is C[C@@H]1CCCC[C@@H]1NC(=O)CO/N=C\c1ccccc1. The third-order valence-corrected chi connectivity index (χ3v) is 3.73. The van der Waals surface area contributed by atoms with E-state index in [0.29, 0.717) is 5.92 Å². The van der Waals surface area contributed by atoms with Crippen molar-refractivity contribution in [1.29, 1.82) is 0 Å². The maximum atomic E-state index is 11.8. The fraction of sp³-hybridized carbons (Fsp3) is 0.500. The predicted molar refractivity (Wildman–Crippen MR) is 79.6 cm³/mol. The van der Waals surface area contributed by atoms with Crippen molar-refractivity contribution in [3.05, 3.63) is 35.9 Å². The van der Waals surface area contributed by atoms with E-state index in [0.717, 1.165) is 12.0 Å². The maximum absolute atomic E-state index is 11.8. The van der Waals surface area contributed by atoms with Gasteiger partial charge < -0.3 is 10.2 Å². The molecule has 0 aliphatic heterocycles. The Hall–Kier alpha value is -1.84. The molecule has 1 saturated carbocycles. The molecular formula is C16H22N2O2. The number of nitrogens with one attached hydrogen (secondary N) is 1. The molecule has 1 aromatic rings. The number of nitrogens with zero attached hydrogens (tertiary/aromatic N) is 1. The Balaban J connectivity index is 1.68. The third-order valence-electron chi connectivity index (χ3n) is 3.73. The summed E-state index contributed by atoms with van der Waals surface area (Å²) in [5, 5.41) is 6.84. The van der Waals surface area contributed by atoms with Gasteiger partial charge in [0.25, 0.3) is 5.91 Å². The van der Waals surface area contributed by atoms with Gasteiger partial charge in [-0.3, -0.25) is 4.79 Å². The van der Waals surface area contributed by atoms with Crippen LogP contribution in [0, 0.1) is 5.92 Å². The van der Waals surface area contributed by atoms with Crippen molar-refractivity contribution in [1.82, 2.24) is 5.32 Å². The summed E-state index contributed by atoms with van der Waals surface area (Å²) in [6.07, 6.45) is 6.34. The molecule has 2 atom stereocenters. The van der Waals surface area contributed by atoms with Gasteiger partial charge in [-0.2, -0.15) is 0 Å². The van der Waals surface area contributed by atoms with Gasteiger partial charge in [-0.05, 0) is 24.3 Å². The highest BCUT2D eigenvalue weighted by Gasteiger charge is 2.22. The van der Waals surface area contributed by atoms with Crippen LogP contribution >= 0.6 is 0 Å². The summed E-state index contributed by atoms with van der Waals surface area (Å²) in [6, 6.07) is 9.94. The molecule has 4 heteroatoms. The van der Waals surface area contributed by atoms with Gasteiger partial charge >= 0.3 is 0 Å². The Labute approximate surface area is 120 Å². The van der Waals surface area contributed by atoms with Gasteiger partial charge in [0.1, 0.15) is 0 Å². The summed E-state index contributed by atoms with van der Waals surface area (Å²) in [6.45, 7) is 2.17. The van der Waals surface area contributed by atoms with Gasteiger partial charge in [0.2, 0.25) is 0 Å². The molecule has 1 fully saturated rings. The van der Waals surface area contributed by atoms with E-state index in [4.69, 9.17) is 4.84 Å². The number of hydrogen-bond donors (Lipinski definition) is 1. The molecule has 1 aliphatic carbocycles. The zero-order valence-electron chi connectivity index (χ0n) is 11.9. The second-order valence-corrected chi connectivity index (χ2v) is 5.35. The van der Waals surface area contributed by atoms with E-state index >= 15 is 0 Å². The topological polar surface area (TPSA) is 50.7 Å². The monoisotopic (exact) mass is 274 g/mol. The second kappa shape index (κ2) is 7.68. The fourth-order valence-electron chi connectivity index (χ4n) is 2.51. The van der Waals surface area contributed by atoms with Gasteiger partial charge in [0.05, 0.1) is 6.21 Å². The second-order valence-electron chi connectivity index (χ2n) is 5.35. The van der Waals surface area contributed by atoms with E-state index in [-0.39, 0.29) is 18.6 Å². The van der Waals surface area contributed by atoms with Gasteiger partial charge in [-0.15, -0.1) is 0 Å². The third kappa shape index (κ3) is 4.68. The van der Waals surface area contributed by atoms with Crippen LogP contribution in [-0.4, -0.2) is 24.8 Å². The molecule has 0 unspecified atom stereocenters. The zero-order valence-corrected chi connectivity index (χ0v) is 11.9. The highest BCUT2D eigenvalue weighted by atomic mass is 16.6. The number of carbonyl (C=O) groups excluding carboxylic acids is 1. The molecule has 0 spiro atoms. The first kappa shape index (κ1) is 14.6. The number of hydrogen-bond acceptors (Lipinski definition) is 3. The van der Waals surface area contributed by atoms with Crippen molar-refractivity contribution in [2.45, 2.75) is 38.6 Å². The lowest BCUT2D eigenvalue weighted by Gasteiger charge is -2.29. The van der Waals surface area contributed by atoms with Crippen LogP contribution in [0.5, 0.6) is 0 Å². The first-order valence-electron chi connectivity index (χ1n) is 7.25. The number of amides is 1. The van der Waals surface area contributed by atoms with Crippen LogP contribution in [0.25, 0.3) is 0 Å². The molecule has 2 rings (SSSR count). The summed E-state index contributed by atoms with van der Waals surface area (Å²) >= 11 is 0. The molecule has 0 aromatic heterocycles. The van der Waals surface area contributed by atoms with Gasteiger partial charge in [0.15, 0.2) is 6.61 Å². The quantitative estimate of drug-likeness (QED) is 0.663. The van der Waals surface area contributed by atoms with Crippen molar-refractivity contribution < 1.29 is 9.63 Å². The zero-order chi connectivity index (χ0) is 14.2. The summed E-state index contributed by atoms with van der Waals surface area (Å²) in [4.78, 5) is 16.8. The van der Waals surface area contributed by atoms with Crippen LogP contribution < -0.4 is 5.32 Å². The molecule has 108 valence electrons. The molecule has 0 saturated heterocycles. The summed E-state index contributed by atoms with van der Waals surface area (Å²) in [5.74, 6) is 0.467. The van der Waals surface area contributed by atoms with Crippen molar-refractivity contribution >= 4 is 12.1 Å². The largest absolute Gasteiger partial charge is 0.386 e. The first-order valence-corrected chi connectivity index (χ1v) is 7.25. The molecular weight excluding hydrogens is 252 g/mol. The van der Waals surface area contributed by atoms with Crippen LogP contribution in [0.3, 0.4) is 0 Å². The van der Waals surface area contributed by atoms with Gasteiger partial charge in [-0.25, -0.2) is 0 Å². The van der Waals surface area contributed by atoms with E-state index < -0.39 is 0 Å². The van der Waals surface area contributed by atoms with Crippen LogP contribution in [0.15, 0.2) is 35.5 Å². The Bertz CT molecular complexity index is 445. The minimum atomic E-state index is -0.0889.